The number of aromatic nitrogens is 2. The summed E-state index contributed by atoms with van der Waals surface area (Å²) in [6, 6.07) is 8.47. The van der Waals surface area contributed by atoms with Gasteiger partial charge in [-0.15, -0.1) is 0 Å². The molecular weight excluding hydrogens is 418 g/mol. The third kappa shape index (κ3) is 4.20. The SMILES string of the molecule is [O-][S@+]1CCc2nc(N3CCN(c4ccc(Cl)cc4)CC3)nc(NC3CCCCC3)c21. The zero-order chi connectivity index (χ0) is 20.5. The van der Waals surface area contributed by atoms with Gasteiger partial charge < -0.3 is 19.7 Å². The first kappa shape index (κ1) is 20.2. The van der Waals surface area contributed by atoms with Gasteiger partial charge in [0.15, 0.2) is 5.82 Å². The van der Waals surface area contributed by atoms with Crippen molar-refractivity contribution in [2.75, 3.05) is 47.0 Å². The first-order valence-electron chi connectivity index (χ1n) is 11.0. The van der Waals surface area contributed by atoms with Crippen LogP contribution in [0.3, 0.4) is 0 Å². The highest BCUT2D eigenvalue weighted by Gasteiger charge is 2.34. The van der Waals surface area contributed by atoms with Crippen molar-refractivity contribution in [3.8, 4) is 0 Å². The average molecular weight is 446 g/mol. The maximum absolute atomic E-state index is 12.6. The first-order valence-corrected chi connectivity index (χ1v) is 12.7. The van der Waals surface area contributed by atoms with Gasteiger partial charge in [-0.3, -0.25) is 0 Å². The Morgan fingerprint density at radius 1 is 0.967 bits per heavy atom. The predicted molar refractivity (Wildman–Crippen MR) is 123 cm³/mol. The normalized spacial score (nSPS) is 22.3. The van der Waals surface area contributed by atoms with Crippen molar-refractivity contribution >= 4 is 40.2 Å². The van der Waals surface area contributed by atoms with Crippen molar-refractivity contribution in [3.05, 3.63) is 35.0 Å². The molecule has 0 bridgehead atoms. The minimum Gasteiger partial charge on any atom is -0.611 e. The lowest BCUT2D eigenvalue weighted by Gasteiger charge is -2.36. The van der Waals surface area contributed by atoms with E-state index in [4.69, 9.17) is 21.6 Å². The highest BCUT2D eigenvalue weighted by molar-refractivity contribution is 7.91. The highest BCUT2D eigenvalue weighted by Crippen LogP contribution is 2.34. The van der Waals surface area contributed by atoms with Crippen molar-refractivity contribution in [1.29, 1.82) is 0 Å². The van der Waals surface area contributed by atoms with E-state index in [1.165, 1.54) is 37.8 Å². The summed E-state index contributed by atoms with van der Waals surface area (Å²) in [5, 5.41) is 4.40. The summed E-state index contributed by atoms with van der Waals surface area (Å²) >= 11 is 5.04. The fraction of sp³-hybridized carbons (Fsp3) is 0.545. The molecule has 8 heteroatoms. The first-order chi connectivity index (χ1) is 14.7. The second-order valence-electron chi connectivity index (χ2n) is 8.38. The van der Waals surface area contributed by atoms with Gasteiger partial charge in [-0.1, -0.05) is 30.9 Å². The summed E-state index contributed by atoms with van der Waals surface area (Å²) in [5.74, 6) is 2.26. The topological polar surface area (TPSA) is 67.4 Å². The molecule has 6 nitrogen and oxygen atoms in total. The molecule has 1 saturated carbocycles. The van der Waals surface area contributed by atoms with E-state index < -0.39 is 11.2 Å². The highest BCUT2D eigenvalue weighted by atomic mass is 35.5. The second kappa shape index (κ2) is 8.81. The summed E-state index contributed by atoms with van der Waals surface area (Å²) in [4.78, 5) is 15.2. The van der Waals surface area contributed by atoms with Crippen molar-refractivity contribution in [3.63, 3.8) is 0 Å². The monoisotopic (exact) mass is 445 g/mol. The van der Waals surface area contributed by atoms with Crippen LogP contribution < -0.4 is 15.1 Å². The Labute approximate surface area is 186 Å². The molecule has 160 valence electrons. The molecule has 0 spiro atoms. The number of halogens is 1. The van der Waals surface area contributed by atoms with Crippen molar-refractivity contribution < 1.29 is 4.55 Å². The number of piperazine rings is 1. The molecule has 0 radical (unpaired) electrons. The molecule has 1 aromatic heterocycles. The van der Waals surface area contributed by atoms with Gasteiger partial charge in [0.05, 0.1) is 0 Å². The molecule has 0 unspecified atom stereocenters. The Bertz CT molecular complexity index is 882. The molecule has 1 atom stereocenters. The second-order valence-corrected chi connectivity index (χ2v) is 10.3. The van der Waals surface area contributed by atoms with E-state index in [-0.39, 0.29) is 0 Å². The van der Waals surface area contributed by atoms with Crippen molar-refractivity contribution in [2.45, 2.75) is 49.5 Å². The Morgan fingerprint density at radius 3 is 2.40 bits per heavy atom. The number of aryl methyl sites for hydroxylation is 1. The Morgan fingerprint density at radius 2 is 1.67 bits per heavy atom. The average Bonchev–Trinajstić information content (AvgIpc) is 3.16. The maximum atomic E-state index is 12.6. The van der Waals surface area contributed by atoms with E-state index >= 15 is 0 Å². The Hall–Kier alpha value is -1.70. The lowest BCUT2D eigenvalue weighted by atomic mass is 9.95. The van der Waals surface area contributed by atoms with Gasteiger partial charge in [0.2, 0.25) is 10.8 Å². The predicted octanol–water partition coefficient (Wildman–Crippen LogP) is 3.86. The molecule has 2 fully saturated rings. The van der Waals surface area contributed by atoms with Crippen LogP contribution in [0, 0.1) is 0 Å². The minimum absolute atomic E-state index is 0.435. The number of anilines is 3. The third-order valence-electron chi connectivity index (χ3n) is 6.38. The molecule has 1 N–H and O–H groups in total. The summed E-state index contributed by atoms with van der Waals surface area (Å²) in [7, 11) is 0. The van der Waals surface area contributed by atoms with Crippen LogP contribution >= 0.6 is 11.6 Å². The van der Waals surface area contributed by atoms with E-state index in [2.05, 4.69) is 27.2 Å². The molecule has 3 heterocycles. The number of nitrogens with one attached hydrogen (secondary N) is 1. The summed E-state index contributed by atoms with van der Waals surface area (Å²) < 4.78 is 12.6. The van der Waals surface area contributed by atoms with E-state index in [1.54, 1.807) is 0 Å². The largest absolute Gasteiger partial charge is 0.611 e. The number of rotatable bonds is 4. The quantitative estimate of drug-likeness (QED) is 0.720. The number of hydrogen-bond acceptors (Lipinski definition) is 6. The fourth-order valence-electron chi connectivity index (χ4n) is 4.68. The fourth-order valence-corrected chi connectivity index (χ4v) is 6.12. The van der Waals surface area contributed by atoms with Gasteiger partial charge in [0.1, 0.15) is 11.4 Å². The number of hydrogen-bond donors (Lipinski definition) is 1. The molecule has 3 aliphatic rings. The zero-order valence-electron chi connectivity index (χ0n) is 17.1. The Kier molecular flexibility index (Phi) is 5.94. The number of fused-ring (bicyclic) bond motifs is 1. The van der Waals surface area contributed by atoms with E-state index in [1.807, 2.05) is 12.1 Å². The molecule has 1 saturated heterocycles. The van der Waals surface area contributed by atoms with E-state index in [9.17, 15) is 4.55 Å². The van der Waals surface area contributed by atoms with Gasteiger partial charge in [-0.25, -0.2) is 4.98 Å². The number of benzene rings is 1. The van der Waals surface area contributed by atoms with Crippen LogP contribution in [0.25, 0.3) is 0 Å². The molecule has 5 rings (SSSR count). The molecule has 2 aliphatic heterocycles. The van der Waals surface area contributed by atoms with Crippen LogP contribution in [0.1, 0.15) is 37.8 Å². The molecule has 1 aromatic carbocycles. The van der Waals surface area contributed by atoms with Crippen LogP contribution in [0.15, 0.2) is 29.2 Å². The molecule has 30 heavy (non-hydrogen) atoms. The maximum Gasteiger partial charge on any atom is 0.228 e. The summed E-state index contributed by atoms with van der Waals surface area (Å²) in [5.41, 5.74) is 2.17. The summed E-state index contributed by atoms with van der Waals surface area (Å²) in [6.07, 6.45) is 6.94. The lowest BCUT2D eigenvalue weighted by molar-refractivity contribution is 0.461. The Balaban J connectivity index is 1.33. The van der Waals surface area contributed by atoms with Gasteiger partial charge in [-0.2, -0.15) is 4.98 Å². The van der Waals surface area contributed by atoms with Crippen LogP contribution in [0.2, 0.25) is 5.02 Å². The molecule has 0 amide bonds. The molecule has 2 aromatic rings. The van der Waals surface area contributed by atoms with Crippen molar-refractivity contribution in [2.24, 2.45) is 0 Å². The van der Waals surface area contributed by atoms with Gasteiger partial charge in [0, 0.05) is 49.4 Å². The van der Waals surface area contributed by atoms with Crippen LogP contribution in [-0.4, -0.2) is 52.5 Å². The van der Waals surface area contributed by atoms with Gasteiger partial charge in [-0.05, 0) is 48.3 Å². The molecular formula is C22H28ClN5OS. The smallest absolute Gasteiger partial charge is 0.228 e. The van der Waals surface area contributed by atoms with Crippen LogP contribution in [0.4, 0.5) is 17.5 Å². The van der Waals surface area contributed by atoms with Gasteiger partial charge in [0.25, 0.3) is 0 Å². The van der Waals surface area contributed by atoms with E-state index in [0.717, 1.165) is 60.0 Å². The third-order valence-corrected chi connectivity index (χ3v) is 8.09. The number of nitrogens with zero attached hydrogens (tertiary/aromatic N) is 4. The van der Waals surface area contributed by atoms with Crippen molar-refractivity contribution in [1.82, 2.24) is 9.97 Å². The van der Waals surface area contributed by atoms with Crippen LogP contribution in [0.5, 0.6) is 0 Å². The van der Waals surface area contributed by atoms with E-state index in [0.29, 0.717) is 11.8 Å². The lowest BCUT2D eigenvalue weighted by Crippen LogP contribution is -2.47. The molecule has 1 aliphatic carbocycles. The zero-order valence-corrected chi connectivity index (χ0v) is 18.7. The van der Waals surface area contributed by atoms with Gasteiger partial charge >= 0.3 is 0 Å². The minimum atomic E-state index is -0.985. The standard InChI is InChI=1S/C22H28ClN5OS/c23-16-6-8-18(9-7-16)27-11-13-28(14-12-27)22-25-19-10-15-30(29)20(19)21(26-22)24-17-4-2-1-3-5-17/h6-9,17H,1-5,10-15H2,(H,24,25,26)/t30-/m1/s1. The van der Waals surface area contributed by atoms with Crippen LogP contribution in [-0.2, 0) is 17.6 Å². The summed E-state index contributed by atoms with van der Waals surface area (Å²) in [6.45, 7) is 3.57.